The van der Waals surface area contributed by atoms with Gasteiger partial charge in [0.2, 0.25) is 11.8 Å². The molecular formula is C16H25N5O4. The van der Waals surface area contributed by atoms with Crippen LogP contribution in [0.15, 0.2) is 5.10 Å². The molecule has 3 amide bonds. The Labute approximate surface area is 146 Å². The Morgan fingerprint density at radius 1 is 1.00 bits per heavy atom. The van der Waals surface area contributed by atoms with Crippen LogP contribution in [-0.4, -0.2) is 97.2 Å². The van der Waals surface area contributed by atoms with E-state index in [4.69, 9.17) is 4.74 Å². The Morgan fingerprint density at radius 2 is 1.68 bits per heavy atom. The third-order valence-corrected chi connectivity index (χ3v) is 4.82. The monoisotopic (exact) mass is 351 g/mol. The van der Waals surface area contributed by atoms with Gasteiger partial charge < -0.3 is 14.5 Å². The van der Waals surface area contributed by atoms with Gasteiger partial charge in [-0.1, -0.05) is 0 Å². The van der Waals surface area contributed by atoms with Crippen LogP contribution in [0.4, 0.5) is 0 Å². The third-order valence-electron chi connectivity index (χ3n) is 4.82. The van der Waals surface area contributed by atoms with Crippen LogP contribution >= 0.6 is 0 Å². The normalized spacial score (nSPS) is 22.4. The van der Waals surface area contributed by atoms with Crippen LogP contribution in [0.3, 0.4) is 0 Å². The Morgan fingerprint density at radius 3 is 2.32 bits per heavy atom. The number of ether oxygens (including phenoxy) is 1. The molecule has 3 aliphatic heterocycles. The molecule has 1 N–H and O–H groups in total. The van der Waals surface area contributed by atoms with E-state index in [1.165, 1.54) is 0 Å². The maximum absolute atomic E-state index is 12.4. The van der Waals surface area contributed by atoms with E-state index >= 15 is 0 Å². The van der Waals surface area contributed by atoms with Crippen molar-refractivity contribution in [3.63, 3.8) is 0 Å². The smallest absolute Gasteiger partial charge is 0.270 e. The second-order valence-electron chi connectivity index (χ2n) is 6.47. The molecule has 0 aromatic rings. The van der Waals surface area contributed by atoms with Crippen molar-refractivity contribution in [2.45, 2.75) is 19.3 Å². The summed E-state index contributed by atoms with van der Waals surface area (Å²) in [5, 5.41) is 3.85. The lowest BCUT2D eigenvalue weighted by Gasteiger charge is -2.35. The first-order chi connectivity index (χ1) is 12.1. The van der Waals surface area contributed by atoms with Gasteiger partial charge in [-0.2, -0.15) is 5.10 Å². The minimum Gasteiger partial charge on any atom is -0.379 e. The summed E-state index contributed by atoms with van der Waals surface area (Å²) in [4.78, 5) is 41.6. The lowest BCUT2D eigenvalue weighted by molar-refractivity contribution is -0.137. The van der Waals surface area contributed by atoms with Gasteiger partial charge in [-0.15, -0.1) is 0 Å². The van der Waals surface area contributed by atoms with Gasteiger partial charge in [0.05, 0.1) is 13.2 Å². The van der Waals surface area contributed by atoms with E-state index in [-0.39, 0.29) is 17.7 Å². The molecule has 0 unspecified atom stereocenters. The lowest BCUT2D eigenvalue weighted by Crippen LogP contribution is -2.53. The highest BCUT2D eigenvalue weighted by molar-refractivity contribution is 6.39. The summed E-state index contributed by atoms with van der Waals surface area (Å²) >= 11 is 0. The molecule has 0 saturated carbocycles. The molecule has 3 rings (SSSR count). The van der Waals surface area contributed by atoms with Crippen molar-refractivity contribution in [2.75, 3.05) is 59.0 Å². The van der Waals surface area contributed by atoms with Crippen molar-refractivity contribution >= 4 is 23.4 Å². The van der Waals surface area contributed by atoms with Crippen LogP contribution in [0, 0.1) is 0 Å². The summed E-state index contributed by atoms with van der Waals surface area (Å²) < 4.78 is 5.31. The SMILES string of the molecule is O=C1CCC(C(=O)N2CCN(C(=O)CCN3CCOCC3)CC2)=NN1. The second kappa shape index (κ2) is 8.39. The molecule has 0 spiro atoms. The van der Waals surface area contributed by atoms with E-state index in [0.29, 0.717) is 51.2 Å². The van der Waals surface area contributed by atoms with Crippen molar-refractivity contribution in [1.82, 2.24) is 20.1 Å². The quantitative estimate of drug-likeness (QED) is 0.675. The number of piperazine rings is 1. The fourth-order valence-electron chi connectivity index (χ4n) is 3.21. The Hall–Kier alpha value is -2.00. The highest BCUT2D eigenvalue weighted by Gasteiger charge is 2.28. The Balaban J connectivity index is 1.41. The lowest BCUT2D eigenvalue weighted by atomic mass is 10.1. The highest BCUT2D eigenvalue weighted by Crippen LogP contribution is 2.09. The molecule has 3 aliphatic rings. The molecule has 0 aromatic heterocycles. The van der Waals surface area contributed by atoms with E-state index in [2.05, 4.69) is 15.4 Å². The number of carbonyl (C=O) groups is 3. The van der Waals surface area contributed by atoms with Crippen molar-refractivity contribution in [2.24, 2.45) is 5.10 Å². The molecule has 9 heteroatoms. The van der Waals surface area contributed by atoms with Gasteiger partial charge in [0.25, 0.3) is 5.91 Å². The van der Waals surface area contributed by atoms with Gasteiger partial charge in [-0.05, 0) is 0 Å². The summed E-state index contributed by atoms with van der Waals surface area (Å²) in [5.41, 5.74) is 2.75. The Bertz CT molecular complexity index is 551. The number of morpholine rings is 1. The summed E-state index contributed by atoms with van der Waals surface area (Å²) in [7, 11) is 0. The van der Waals surface area contributed by atoms with Gasteiger partial charge in [-0.25, -0.2) is 5.43 Å². The van der Waals surface area contributed by atoms with Crippen molar-refractivity contribution in [3.05, 3.63) is 0 Å². The molecule has 3 heterocycles. The first-order valence-electron chi connectivity index (χ1n) is 8.86. The number of hydrazone groups is 1. The molecule has 0 radical (unpaired) electrons. The first-order valence-corrected chi connectivity index (χ1v) is 8.86. The summed E-state index contributed by atoms with van der Waals surface area (Å²) in [6.45, 7) is 6.11. The minimum absolute atomic E-state index is 0.139. The molecule has 9 nitrogen and oxygen atoms in total. The Kier molecular flexibility index (Phi) is 5.98. The van der Waals surface area contributed by atoms with E-state index in [1.807, 2.05) is 4.90 Å². The number of nitrogens with one attached hydrogen (secondary N) is 1. The maximum Gasteiger partial charge on any atom is 0.270 e. The van der Waals surface area contributed by atoms with Crippen molar-refractivity contribution in [3.8, 4) is 0 Å². The van der Waals surface area contributed by atoms with E-state index in [9.17, 15) is 14.4 Å². The third kappa shape index (κ3) is 4.76. The number of carbonyl (C=O) groups excluding carboxylic acids is 3. The van der Waals surface area contributed by atoms with Crippen LogP contribution < -0.4 is 5.43 Å². The number of rotatable bonds is 4. The number of nitrogens with zero attached hydrogens (tertiary/aromatic N) is 4. The molecule has 0 aliphatic carbocycles. The maximum atomic E-state index is 12.4. The zero-order valence-corrected chi connectivity index (χ0v) is 14.4. The molecule has 0 aromatic carbocycles. The average Bonchev–Trinajstić information content (AvgIpc) is 2.67. The van der Waals surface area contributed by atoms with Crippen LogP contribution in [0.25, 0.3) is 0 Å². The van der Waals surface area contributed by atoms with E-state index < -0.39 is 0 Å². The highest BCUT2D eigenvalue weighted by atomic mass is 16.5. The van der Waals surface area contributed by atoms with Crippen LogP contribution in [0.1, 0.15) is 19.3 Å². The first kappa shape index (κ1) is 17.8. The van der Waals surface area contributed by atoms with Gasteiger partial charge in [0.1, 0.15) is 5.71 Å². The molecule has 2 saturated heterocycles. The van der Waals surface area contributed by atoms with Crippen LogP contribution in [0.5, 0.6) is 0 Å². The largest absolute Gasteiger partial charge is 0.379 e. The summed E-state index contributed by atoms with van der Waals surface area (Å²) in [5.74, 6) is -0.159. The molecule has 25 heavy (non-hydrogen) atoms. The number of hydrogen-bond acceptors (Lipinski definition) is 6. The number of hydrogen-bond donors (Lipinski definition) is 1. The van der Waals surface area contributed by atoms with Gasteiger partial charge in [0.15, 0.2) is 0 Å². The predicted octanol–water partition coefficient (Wildman–Crippen LogP) is -1.35. The predicted molar refractivity (Wildman–Crippen MR) is 89.8 cm³/mol. The topological polar surface area (TPSA) is 94.6 Å². The molecule has 138 valence electrons. The van der Waals surface area contributed by atoms with Crippen LogP contribution in [-0.2, 0) is 19.1 Å². The van der Waals surface area contributed by atoms with Crippen molar-refractivity contribution < 1.29 is 19.1 Å². The van der Waals surface area contributed by atoms with Crippen LogP contribution in [0.2, 0.25) is 0 Å². The molecule has 2 fully saturated rings. The zero-order valence-electron chi connectivity index (χ0n) is 14.4. The minimum atomic E-state index is -0.160. The summed E-state index contributed by atoms with van der Waals surface area (Å²) in [6.07, 6.45) is 1.18. The zero-order chi connectivity index (χ0) is 17.6. The van der Waals surface area contributed by atoms with Crippen molar-refractivity contribution in [1.29, 1.82) is 0 Å². The fourth-order valence-corrected chi connectivity index (χ4v) is 3.21. The number of amides is 3. The molecule has 0 atom stereocenters. The van der Waals surface area contributed by atoms with E-state index in [0.717, 1.165) is 32.8 Å². The average molecular weight is 351 g/mol. The molecular weight excluding hydrogens is 326 g/mol. The van der Waals surface area contributed by atoms with Gasteiger partial charge >= 0.3 is 0 Å². The van der Waals surface area contributed by atoms with Gasteiger partial charge in [0, 0.05) is 65.1 Å². The summed E-state index contributed by atoms with van der Waals surface area (Å²) in [6, 6.07) is 0. The fraction of sp³-hybridized carbons (Fsp3) is 0.750. The second-order valence-corrected chi connectivity index (χ2v) is 6.47. The van der Waals surface area contributed by atoms with E-state index in [1.54, 1.807) is 4.90 Å². The van der Waals surface area contributed by atoms with Gasteiger partial charge in [-0.3, -0.25) is 19.3 Å². The molecule has 0 bridgehead atoms. The standard InChI is InChI=1S/C16H25N5O4/c22-14-2-1-13(17-18-14)16(24)21-7-5-20(6-8-21)15(23)3-4-19-9-11-25-12-10-19/h1-12H2,(H,18,22).